The lowest BCUT2D eigenvalue weighted by Gasteiger charge is -2.29. The minimum absolute atomic E-state index is 0.0866. The highest BCUT2D eigenvalue weighted by molar-refractivity contribution is 5.98. The van der Waals surface area contributed by atoms with Crippen LogP contribution in [0.25, 0.3) is 0 Å². The van der Waals surface area contributed by atoms with E-state index in [0.29, 0.717) is 18.4 Å². The van der Waals surface area contributed by atoms with Gasteiger partial charge < -0.3 is 0 Å². The lowest BCUT2D eigenvalue weighted by atomic mass is 9.77. The molecule has 2 rings (SSSR count). The summed E-state index contributed by atoms with van der Waals surface area (Å²) in [5.41, 5.74) is 1.23. The molecule has 1 aliphatic carbocycles. The van der Waals surface area contributed by atoms with Gasteiger partial charge in [0, 0.05) is 23.9 Å². The number of carbonyl (C=O) groups excluding carboxylic acids is 1. The van der Waals surface area contributed by atoms with Gasteiger partial charge in [0.1, 0.15) is 0 Å². The number of Topliss-reactive ketones (excluding diaryl/α,β-unsaturated/α-hetero) is 1. The van der Waals surface area contributed by atoms with E-state index in [2.05, 4.69) is 4.98 Å². The second-order valence-electron chi connectivity index (χ2n) is 5.16. The molecule has 5 heteroatoms. The van der Waals surface area contributed by atoms with Gasteiger partial charge in [-0.05, 0) is 37.8 Å². The number of ketones is 1. The highest BCUT2D eigenvalue weighted by Gasteiger charge is 2.43. The van der Waals surface area contributed by atoms with Crippen LogP contribution in [0.2, 0.25) is 0 Å². The Bertz CT molecular complexity index is 470. The zero-order valence-electron chi connectivity index (χ0n) is 10.7. The standard InChI is InChI=1S/C14H16F3NO/c1-9-5-6-18-8-12(9)13(19)10-3-2-4-11(7-10)14(15,16)17/h5-6,8,10-11H,2-4,7H2,1H3. The van der Waals surface area contributed by atoms with E-state index in [1.807, 2.05) is 0 Å². The van der Waals surface area contributed by atoms with E-state index in [1.54, 1.807) is 19.2 Å². The average Bonchev–Trinajstić information content (AvgIpc) is 2.38. The van der Waals surface area contributed by atoms with Gasteiger partial charge in [-0.25, -0.2) is 0 Å². The summed E-state index contributed by atoms with van der Waals surface area (Å²) in [6.07, 6.45) is -0.112. The van der Waals surface area contributed by atoms with Crippen LogP contribution in [-0.4, -0.2) is 16.9 Å². The van der Waals surface area contributed by atoms with Crippen LogP contribution in [0.3, 0.4) is 0 Å². The summed E-state index contributed by atoms with van der Waals surface area (Å²) in [6, 6.07) is 1.71. The van der Waals surface area contributed by atoms with Crippen LogP contribution in [0.1, 0.15) is 41.6 Å². The van der Waals surface area contributed by atoms with Gasteiger partial charge in [-0.1, -0.05) is 6.42 Å². The van der Waals surface area contributed by atoms with E-state index in [4.69, 9.17) is 0 Å². The van der Waals surface area contributed by atoms with Crippen LogP contribution in [0.4, 0.5) is 13.2 Å². The van der Waals surface area contributed by atoms with Gasteiger partial charge in [-0.3, -0.25) is 9.78 Å². The lowest BCUT2D eigenvalue weighted by molar-refractivity contribution is -0.184. The first-order valence-corrected chi connectivity index (χ1v) is 6.41. The van der Waals surface area contributed by atoms with E-state index in [9.17, 15) is 18.0 Å². The van der Waals surface area contributed by atoms with Gasteiger partial charge in [-0.15, -0.1) is 0 Å². The maximum atomic E-state index is 12.7. The van der Waals surface area contributed by atoms with Crippen LogP contribution >= 0.6 is 0 Å². The van der Waals surface area contributed by atoms with Gasteiger partial charge in [0.2, 0.25) is 0 Å². The molecule has 19 heavy (non-hydrogen) atoms. The van der Waals surface area contributed by atoms with E-state index >= 15 is 0 Å². The molecular weight excluding hydrogens is 255 g/mol. The zero-order chi connectivity index (χ0) is 14.0. The number of aryl methyl sites for hydroxylation is 1. The Balaban J connectivity index is 2.14. The van der Waals surface area contributed by atoms with Crippen molar-refractivity contribution in [1.82, 2.24) is 4.98 Å². The predicted molar refractivity (Wildman–Crippen MR) is 64.8 cm³/mol. The molecule has 104 valence electrons. The molecule has 0 saturated heterocycles. The van der Waals surface area contributed by atoms with Crippen LogP contribution in [0.15, 0.2) is 18.5 Å². The fraction of sp³-hybridized carbons (Fsp3) is 0.571. The minimum atomic E-state index is -4.19. The van der Waals surface area contributed by atoms with Crippen LogP contribution < -0.4 is 0 Å². The monoisotopic (exact) mass is 271 g/mol. The first-order chi connectivity index (χ1) is 8.89. The summed E-state index contributed by atoms with van der Waals surface area (Å²) >= 11 is 0. The Morgan fingerprint density at radius 1 is 1.37 bits per heavy atom. The highest BCUT2D eigenvalue weighted by atomic mass is 19.4. The topological polar surface area (TPSA) is 30.0 Å². The van der Waals surface area contributed by atoms with Crippen molar-refractivity contribution >= 4 is 5.78 Å². The molecule has 1 aliphatic rings. The normalized spacial score (nSPS) is 24.2. The average molecular weight is 271 g/mol. The summed E-state index contributed by atoms with van der Waals surface area (Å²) in [7, 11) is 0. The first kappa shape index (κ1) is 14.0. The molecule has 2 nitrogen and oxygen atoms in total. The number of nitrogens with zero attached hydrogens (tertiary/aromatic N) is 1. The van der Waals surface area contributed by atoms with Crippen molar-refractivity contribution in [2.24, 2.45) is 11.8 Å². The van der Waals surface area contributed by atoms with Crippen molar-refractivity contribution in [3.8, 4) is 0 Å². The Labute approximate surface area is 110 Å². The van der Waals surface area contributed by atoms with Crippen LogP contribution in [0, 0.1) is 18.8 Å². The third-order valence-electron chi connectivity index (χ3n) is 3.81. The van der Waals surface area contributed by atoms with Crippen LogP contribution in [-0.2, 0) is 0 Å². The van der Waals surface area contributed by atoms with Crippen molar-refractivity contribution < 1.29 is 18.0 Å². The Morgan fingerprint density at radius 2 is 2.11 bits per heavy atom. The molecule has 1 aromatic heterocycles. The largest absolute Gasteiger partial charge is 0.391 e. The SMILES string of the molecule is Cc1ccncc1C(=O)C1CCCC(C(F)(F)F)C1. The smallest absolute Gasteiger partial charge is 0.294 e. The maximum absolute atomic E-state index is 12.7. The number of rotatable bonds is 2. The van der Waals surface area contributed by atoms with E-state index in [1.165, 1.54) is 6.20 Å². The summed E-state index contributed by atoms with van der Waals surface area (Å²) in [5, 5.41) is 0. The van der Waals surface area contributed by atoms with Gasteiger partial charge in [-0.2, -0.15) is 13.2 Å². The Morgan fingerprint density at radius 3 is 2.74 bits per heavy atom. The molecule has 1 aromatic rings. The number of carbonyl (C=O) groups is 1. The zero-order valence-corrected chi connectivity index (χ0v) is 10.7. The molecule has 0 amide bonds. The number of aromatic nitrogens is 1. The van der Waals surface area contributed by atoms with Crippen molar-refractivity contribution in [2.75, 3.05) is 0 Å². The quantitative estimate of drug-likeness (QED) is 0.762. The molecule has 1 heterocycles. The van der Waals surface area contributed by atoms with E-state index in [0.717, 1.165) is 5.56 Å². The number of alkyl halides is 3. The second-order valence-corrected chi connectivity index (χ2v) is 5.16. The molecule has 0 spiro atoms. The Hall–Kier alpha value is -1.39. The van der Waals surface area contributed by atoms with Crippen molar-refractivity contribution in [2.45, 2.75) is 38.8 Å². The fourth-order valence-corrected chi connectivity index (χ4v) is 2.67. The summed E-state index contributed by atoms with van der Waals surface area (Å²) in [5.74, 6) is -2.06. The van der Waals surface area contributed by atoms with Crippen molar-refractivity contribution in [3.05, 3.63) is 29.6 Å². The summed E-state index contributed by atoms with van der Waals surface area (Å²) in [4.78, 5) is 16.2. The summed E-state index contributed by atoms with van der Waals surface area (Å²) in [6.45, 7) is 1.78. The molecule has 0 aliphatic heterocycles. The second kappa shape index (κ2) is 5.31. The molecule has 0 radical (unpaired) electrons. The molecule has 0 aromatic carbocycles. The van der Waals surface area contributed by atoms with E-state index in [-0.39, 0.29) is 18.6 Å². The number of halogens is 3. The number of hydrogen-bond donors (Lipinski definition) is 0. The molecular formula is C14H16F3NO. The third kappa shape index (κ3) is 3.14. The fourth-order valence-electron chi connectivity index (χ4n) is 2.67. The molecule has 0 N–H and O–H groups in total. The van der Waals surface area contributed by atoms with Gasteiger partial charge in [0.15, 0.2) is 5.78 Å². The van der Waals surface area contributed by atoms with Gasteiger partial charge in [0.05, 0.1) is 5.92 Å². The first-order valence-electron chi connectivity index (χ1n) is 6.41. The molecule has 2 unspecified atom stereocenters. The molecule has 1 fully saturated rings. The van der Waals surface area contributed by atoms with Gasteiger partial charge in [0.25, 0.3) is 0 Å². The van der Waals surface area contributed by atoms with Crippen molar-refractivity contribution in [3.63, 3.8) is 0 Å². The van der Waals surface area contributed by atoms with E-state index < -0.39 is 18.0 Å². The highest BCUT2D eigenvalue weighted by Crippen LogP contribution is 2.40. The Kier molecular flexibility index (Phi) is 3.92. The number of hydrogen-bond acceptors (Lipinski definition) is 2. The molecule has 1 saturated carbocycles. The predicted octanol–water partition coefficient (Wildman–Crippen LogP) is 3.94. The maximum Gasteiger partial charge on any atom is 0.391 e. The lowest BCUT2D eigenvalue weighted by Crippen LogP contribution is -2.32. The minimum Gasteiger partial charge on any atom is -0.294 e. The molecule has 0 bridgehead atoms. The third-order valence-corrected chi connectivity index (χ3v) is 3.81. The summed E-state index contributed by atoms with van der Waals surface area (Å²) < 4.78 is 38.2. The molecule has 2 atom stereocenters. The number of pyridine rings is 1. The van der Waals surface area contributed by atoms with Gasteiger partial charge >= 0.3 is 6.18 Å². The van der Waals surface area contributed by atoms with Crippen LogP contribution in [0.5, 0.6) is 0 Å². The van der Waals surface area contributed by atoms with Crippen molar-refractivity contribution in [1.29, 1.82) is 0 Å².